The highest BCUT2D eigenvalue weighted by Crippen LogP contribution is 2.67. The van der Waals surface area contributed by atoms with E-state index < -0.39 is 0 Å². The summed E-state index contributed by atoms with van der Waals surface area (Å²) in [6, 6.07) is 7.69. The lowest BCUT2D eigenvalue weighted by molar-refractivity contribution is -0.170. The number of piperidine rings is 1. The molecule has 1 aromatic rings. The van der Waals surface area contributed by atoms with Crippen molar-refractivity contribution in [2.75, 3.05) is 14.2 Å². The molecular formula is C28H39NO4. The number of benzene rings is 1. The molecule has 8 atom stereocenters. The van der Waals surface area contributed by atoms with E-state index in [9.17, 15) is 9.59 Å². The Morgan fingerprint density at radius 2 is 1.79 bits per heavy atom. The molecule has 4 fully saturated rings. The number of carbonyl (C=O) groups excluding carboxylic acids is 2. The van der Waals surface area contributed by atoms with E-state index >= 15 is 0 Å². The minimum atomic E-state index is -0.0812. The van der Waals surface area contributed by atoms with Gasteiger partial charge in [-0.25, -0.2) is 0 Å². The first-order valence-corrected chi connectivity index (χ1v) is 12.8. The molecule has 0 spiro atoms. The summed E-state index contributed by atoms with van der Waals surface area (Å²) in [5.74, 6) is 3.82. The Morgan fingerprint density at radius 1 is 1.06 bits per heavy atom. The predicted molar refractivity (Wildman–Crippen MR) is 127 cm³/mol. The second-order valence-corrected chi connectivity index (χ2v) is 11.8. The summed E-state index contributed by atoms with van der Waals surface area (Å²) in [7, 11) is 3.64. The Bertz CT molecular complexity index is 946. The molecule has 0 bridgehead atoms. The fraction of sp³-hybridized carbons (Fsp3) is 0.714. The summed E-state index contributed by atoms with van der Waals surface area (Å²) in [5.41, 5.74) is 0.186. The minimum Gasteiger partial charge on any atom is -0.497 e. The number of hydrogen-bond donors (Lipinski definition) is 0. The van der Waals surface area contributed by atoms with Gasteiger partial charge >= 0.3 is 5.97 Å². The van der Waals surface area contributed by atoms with E-state index in [1.54, 1.807) is 13.2 Å². The number of esters is 1. The number of rotatable bonds is 3. The maximum absolute atomic E-state index is 13.4. The largest absolute Gasteiger partial charge is 0.497 e. The first-order chi connectivity index (χ1) is 15.7. The second kappa shape index (κ2) is 8.02. The number of amides is 1. The van der Waals surface area contributed by atoms with Gasteiger partial charge in [-0.05, 0) is 85.2 Å². The van der Waals surface area contributed by atoms with Gasteiger partial charge in [0.15, 0.2) is 0 Å². The maximum Gasteiger partial charge on any atom is 0.314 e. The van der Waals surface area contributed by atoms with Gasteiger partial charge in [0.1, 0.15) is 11.5 Å². The summed E-state index contributed by atoms with van der Waals surface area (Å²) >= 11 is 0. The van der Waals surface area contributed by atoms with Crippen LogP contribution >= 0.6 is 0 Å². The van der Waals surface area contributed by atoms with Gasteiger partial charge in [-0.3, -0.25) is 9.59 Å². The van der Waals surface area contributed by atoms with Crippen LogP contribution in [0.5, 0.6) is 11.5 Å². The molecule has 1 aromatic carbocycles. The van der Waals surface area contributed by atoms with Gasteiger partial charge < -0.3 is 14.4 Å². The Balaban J connectivity index is 1.38. The quantitative estimate of drug-likeness (QED) is 0.459. The van der Waals surface area contributed by atoms with Crippen LogP contribution in [0.1, 0.15) is 65.7 Å². The van der Waals surface area contributed by atoms with Gasteiger partial charge in [-0.1, -0.05) is 26.8 Å². The lowest BCUT2D eigenvalue weighted by atomic mass is 9.44. The average Bonchev–Trinajstić information content (AvgIpc) is 3.15. The smallest absolute Gasteiger partial charge is 0.314 e. The highest BCUT2D eigenvalue weighted by molar-refractivity contribution is 5.78. The van der Waals surface area contributed by atoms with Crippen molar-refractivity contribution >= 4 is 11.9 Å². The van der Waals surface area contributed by atoms with Crippen LogP contribution < -0.4 is 9.47 Å². The molecular weight excluding hydrogens is 414 g/mol. The van der Waals surface area contributed by atoms with Gasteiger partial charge in [0.25, 0.3) is 0 Å². The van der Waals surface area contributed by atoms with Crippen LogP contribution in [0.15, 0.2) is 24.3 Å². The summed E-state index contributed by atoms with van der Waals surface area (Å²) in [5, 5.41) is 0. The zero-order valence-corrected chi connectivity index (χ0v) is 20.8. The van der Waals surface area contributed by atoms with Gasteiger partial charge in [0.2, 0.25) is 5.91 Å². The molecule has 33 heavy (non-hydrogen) atoms. The van der Waals surface area contributed by atoms with Gasteiger partial charge in [0.05, 0.1) is 13.0 Å². The molecule has 0 radical (unpaired) electrons. The fourth-order valence-corrected chi connectivity index (χ4v) is 8.70. The number of methoxy groups -OCH3 is 1. The van der Waals surface area contributed by atoms with Crippen molar-refractivity contribution in [1.29, 1.82) is 0 Å². The van der Waals surface area contributed by atoms with E-state index in [0.717, 1.165) is 38.5 Å². The number of carbonyl (C=O) groups is 2. The number of fused-ring (bicyclic) bond motifs is 5. The summed E-state index contributed by atoms with van der Waals surface area (Å²) in [4.78, 5) is 27.9. The number of hydrogen-bond acceptors (Lipinski definition) is 4. The Hall–Kier alpha value is -2.04. The van der Waals surface area contributed by atoms with Gasteiger partial charge in [0, 0.05) is 25.6 Å². The van der Waals surface area contributed by atoms with Crippen LogP contribution in [0, 0.1) is 40.4 Å². The molecule has 0 unspecified atom stereocenters. The third kappa shape index (κ3) is 3.40. The number of likely N-dealkylation sites (tertiary alicyclic amines) is 1. The Kier molecular flexibility index (Phi) is 5.53. The van der Waals surface area contributed by atoms with Crippen molar-refractivity contribution in [3.05, 3.63) is 24.3 Å². The van der Waals surface area contributed by atoms with Crippen LogP contribution in [-0.4, -0.2) is 37.0 Å². The zero-order chi connectivity index (χ0) is 23.5. The third-order valence-corrected chi connectivity index (χ3v) is 10.5. The monoisotopic (exact) mass is 453 g/mol. The summed E-state index contributed by atoms with van der Waals surface area (Å²) < 4.78 is 11.2. The predicted octanol–water partition coefficient (Wildman–Crippen LogP) is 5.33. The average molecular weight is 454 g/mol. The first-order valence-electron chi connectivity index (χ1n) is 12.8. The lowest BCUT2D eigenvalue weighted by Crippen LogP contribution is -2.63. The van der Waals surface area contributed by atoms with E-state index in [0.29, 0.717) is 53.5 Å². The molecule has 180 valence electrons. The summed E-state index contributed by atoms with van der Waals surface area (Å²) in [6.07, 6.45) is 7.03. The SMILES string of the molecule is COc1cccc(OC(=O)[C@H]2CC[C@H]3[C@@H]4[C@@H](C)C[C@H]5N(C)C(=O)CC[C@]5(C)[C@H]4CC[C@]23C)c1. The van der Waals surface area contributed by atoms with Crippen LogP contribution in [0.3, 0.4) is 0 Å². The van der Waals surface area contributed by atoms with Crippen molar-refractivity contribution in [2.45, 2.75) is 71.8 Å². The van der Waals surface area contributed by atoms with Crippen LogP contribution in [0.2, 0.25) is 0 Å². The van der Waals surface area contributed by atoms with Gasteiger partial charge in [-0.2, -0.15) is 0 Å². The molecule has 1 aliphatic heterocycles. The van der Waals surface area contributed by atoms with Crippen LogP contribution in [0.25, 0.3) is 0 Å². The highest BCUT2D eigenvalue weighted by atomic mass is 16.5. The molecule has 0 N–H and O–H groups in total. The molecule has 5 nitrogen and oxygen atoms in total. The Morgan fingerprint density at radius 3 is 2.55 bits per heavy atom. The maximum atomic E-state index is 13.4. The lowest BCUT2D eigenvalue weighted by Gasteiger charge is -2.63. The molecule has 1 saturated heterocycles. The molecule has 1 heterocycles. The van der Waals surface area contributed by atoms with Crippen molar-refractivity contribution in [1.82, 2.24) is 4.90 Å². The third-order valence-electron chi connectivity index (χ3n) is 10.5. The second-order valence-electron chi connectivity index (χ2n) is 11.8. The van der Waals surface area contributed by atoms with Crippen molar-refractivity contribution in [2.24, 2.45) is 40.4 Å². The molecule has 4 aliphatic rings. The van der Waals surface area contributed by atoms with Gasteiger partial charge in [-0.15, -0.1) is 0 Å². The highest BCUT2D eigenvalue weighted by Gasteiger charge is 2.63. The molecule has 3 aliphatic carbocycles. The van der Waals surface area contributed by atoms with Crippen LogP contribution in [-0.2, 0) is 9.59 Å². The zero-order valence-electron chi connectivity index (χ0n) is 20.8. The van der Waals surface area contributed by atoms with Crippen molar-refractivity contribution in [3.63, 3.8) is 0 Å². The van der Waals surface area contributed by atoms with E-state index in [1.807, 2.05) is 25.2 Å². The molecule has 5 rings (SSSR count). The fourth-order valence-electron chi connectivity index (χ4n) is 8.70. The topological polar surface area (TPSA) is 55.8 Å². The summed E-state index contributed by atoms with van der Waals surface area (Å²) in [6.45, 7) is 7.21. The number of nitrogens with zero attached hydrogens (tertiary/aromatic N) is 1. The Labute approximate surface area is 198 Å². The van der Waals surface area contributed by atoms with Crippen molar-refractivity contribution in [3.8, 4) is 11.5 Å². The molecule has 3 saturated carbocycles. The van der Waals surface area contributed by atoms with Crippen LogP contribution in [0.4, 0.5) is 0 Å². The van der Waals surface area contributed by atoms with E-state index in [1.165, 1.54) is 0 Å². The minimum absolute atomic E-state index is 0.00897. The molecule has 0 aromatic heterocycles. The van der Waals surface area contributed by atoms with E-state index in [4.69, 9.17) is 9.47 Å². The van der Waals surface area contributed by atoms with E-state index in [-0.39, 0.29) is 22.7 Å². The standard InChI is InChI=1S/C28H39NO4/c1-17-15-23-28(3,14-12-24(30)29(23)4)21-11-13-27(2)20(25(17)21)9-10-22(27)26(31)33-19-8-6-7-18(16-19)32-5/h6-8,16-17,20-23,25H,9-15H2,1-5H3/t17-,20-,21-,22+,23+,25-,27-,28+/m0/s1. The molecule has 5 heteroatoms. The van der Waals surface area contributed by atoms with Crippen molar-refractivity contribution < 1.29 is 19.1 Å². The van der Waals surface area contributed by atoms with E-state index in [2.05, 4.69) is 25.7 Å². The number of ether oxygens (including phenoxy) is 2. The first kappa shape index (κ1) is 22.7. The normalized spacial score (nSPS) is 42.2. The molecule has 1 amide bonds.